The first kappa shape index (κ1) is 14.3. The summed E-state index contributed by atoms with van der Waals surface area (Å²) in [5.41, 5.74) is 5.62. The third-order valence-electron chi connectivity index (χ3n) is 3.98. The molecule has 0 heterocycles. The Kier molecular flexibility index (Phi) is 5.25. The zero-order valence-electron chi connectivity index (χ0n) is 11.5. The maximum atomic E-state index is 12.3. The number of nitrogens with one attached hydrogen (secondary N) is 1. The fraction of sp³-hybridized carbons (Fsp3) is 0.923. The van der Waals surface area contributed by atoms with Crippen LogP contribution in [0.1, 0.15) is 52.9 Å². The van der Waals surface area contributed by atoms with Crippen molar-refractivity contribution in [3.63, 3.8) is 0 Å². The second-order valence-corrected chi connectivity index (χ2v) is 5.28. The number of hydrogen-bond acceptors (Lipinski definition) is 2. The van der Waals surface area contributed by atoms with Crippen molar-refractivity contribution in [2.45, 2.75) is 64.5 Å². The van der Waals surface area contributed by atoms with Crippen LogP contribution in [-0.2, 0) is 0 Å². The van der Waals surface area contributed by atoms with Crippen LogP contribution in [0.25, 0.3) is 0 Å². The number of nitrogens with two attached hydrogens (primary N) is 1. The van der Waals surface area contributed by atoms with Crippen LogP contribution in [0.2, 0.25) is 0 Å². The Balaban J connectivity index is 2.64. The predicted molar refractivity (Wildman–Crippen MR) is 70.9 cm³/mol. The van der Waals surface area contributed by atoms with Crippen molar-refractivity contribution >= 4 is 6.03 Å². The number of nitrogens with zero attached hydrogens (tertiary/aromatic N) is 1. The Labute approximate surface area is 105 Å². The van der Waals surface area contributed by atoms with E-state index < -0.39 is 0 Å². The molecule has 1 aliphatic carbocycles. The van der Waals surface area contributed by atoms with Crippen molar-refractivity contribution in [3.8, 4) is 0 Å². The second kappa shape index (κ2) is 6.24. The van der Waals surface area contributed by atoms with Gasteiger partial charge in [-0.25, -0.2) is 4.79 Å². The molecule has 0 spiro atoms. The normalized spacial score (nSPS) is 19.3. The van der Waals surface area contributed by atoms with Gasteiger partial charge in [-0.15, -0.1) is 0 Å². The number of carbonyl (C=O) groups excluding carboxylic acids is 1. The molecule has 4 nitrogen and oxygen atoms in total. The SMILES string of the molecule is CCCN(C(=O)NC1CCC1)C(C)(CC)CN. The molecule has 1 aliphatic rings. The molecule has 4 heteroatoms. The molecule has 0 aromatic heterocycles. The third-order valence-corrected chi connectivity index (χ3v) is 3.98. The van der Waals surface area contributed by atoms with Crippen molar-refractivity contribution < 1.29 is 4.79 Å². The van der Waals surface area contributed by atoms with E-state index in [1.807, 2.05) is 4.90 Å². The highest BCUT2D eigenvalue weighted by atomic mass is 16.2. The van der Waals surface area contributed by atoms with Crippen LogP contribution in [0.5, 0.6) is 0 Å². The van der Waals surface area contributed by atoms with Gasteiger partial charge in [0, 0.05) is 19.1 Å². The molecule has 100 valence electrons. The Morgan fingerprint density at radius 3 is 2.47 bits per heavy atom. The quantitative estimate of drug-likeness (QED) is 0.748. The number of rotatable bonds is 6. The molecule has 0 aromatic carbocycles. The maximum Gasteiger partial charge on any atom is 0.318 e. The predicted octanol–water partition coefficient (Wildman–Crippen LogP) is 2.09. The molecule has 3 N–H and O–H groups in total. The molecule has 0 aliphatic heterocycles. The highest BCUT2D eigenvalue weighted by Gasteiger charge is 2.33. The monoisotopic (exact) mass is 241 g/mol. The first-order chi connectivity index (χ1) is 8.07. The van der Waals surface area contributed by atoms with Crippen molar-refractivity contribution in [2.75, 3.05) is 13.1 Å². The van der Waals surface area contributed by atoms with Crippen molar-refractivity contribution in [3.05, 3.63) is 0 Å². The van der Waals surface area contributed by atoms with Gasteiger partial charge in [-0.2, -0.15) is 0 Å². The van der Waals surface area contributed by atoms with Gasteiger partial charge >= 0.3 is 6.03 Å². The molecule has 0 saturated heterocycles. The van der Waals surface area contributed by atoms with Gasteiger partial charge in [-0.1, -0.05) is 13.8 Å². The van der Waals surface area contributed by atoms with Crippen LogP contribution < -0.4 is 11.1 Å². The van der Waals surface area contributed by atoms with Crippen LogP contribution in [0.15, 0.2) is 0 Å². The summed E-state index contributed by atoms with van der Waals surface area (Å²) in [6, 6.07) is 0.451. The topological polar surface area (TPSA) is 58.4 Å². The average Bonchev–Trinajstić information content (AvgIpc) is 2.29. The van der Waals surface area contributed by atoms with Crippen molar-refractivity contribution in [1.82, 2.24) is 10.2 Å². The van der Waals surface area contributed by atoms with Gasteiger partial charge in [0.15, 0.2) is 0 Å². The average molecular weight is 241 g/mol. The van der Waals surface area contributed by atoms with E-state index in [0.29, 0.717) is 12.6 Å². The zero-order chi connectivity index (χ0) is 12.9. The minimum atomic E-state index is -0.218. The third kappa shape index (κ3) is 3.35. The first-order valence-electron chi connectivity index (χ1n) is 6.85. The standard InChI is InChI=1S/C13H27N3O/c1-4-9-16(13(3,5-2)10-14)12(17)15-11-7-6-8-11/h11H,4-10,14H2,1-3H3,(H,15,17). The number of hydrogen-bond donors (Lipinski definition) is 2. The van der Waals surface area contributed by atoms with E-state index in [-0.39, 0.29) is 11.6 Å². The summed E-state index contributed by atoms with van der Waals surface area (Å²) in [6.45, 7) is 7.55. The summed E-state index contributed by atoms with van der Waals surface area (Å²) in [6.07, 6.45) is 5.34. The molecule has 0 radical (unpaired) electrons. The van der Waals surface area contributed by atoms with Crippen molar-refractivity contribution in [2.24, 2.45) is 5.73 Å². The number of carbonyl (C=O) groups is 1. The molecular formula is C13H27N3O. The smallest absolute Gasteiger partial charge is 0.318 e. The van der Waals surface area contributed by atoms with Gasteiger partial charge in [0.25, 0.3) is 0 Å². The van der Waals surface area contributed by atoms with Crippen LogP contribution in [0.3, 0.4) is 0 Å². The van der Waals surface area contributed by atoms with E-state index in [1.165, 1.54) is 6.42 Å². The molecule has 1 rings (SSSR count). The van der Waals surface area contributed by atoms with Crippen LogP contribution >= 0.6 is 0 Å². The molecule has 1 saturated carbocycles. The van der Waals surface area contributed by atoms with E-state index in [2.05, 4.69) is 26.1 Å². The summed E-state index contributed by atoms with van der Waals surface area (Å²) < 4.78 is 0. The summed E-state index contributed by atoms with van der Waals surface area (Å²) in [5, 5.41) is 3.11. The van der Waals surface area contributed by atoms with Gasteiger partial charge < -0.3 is 16.0 Å². The van der Waals surface area contributed by atoms with E-state index >= 15 is 0 Å². The van der Waals surface area contributed by atoms with E-state index in [4.69, 9.17) is 5.73 Å². The Morgan fingerprint density at radius 1 is 1.47 bits per heavy atom. The van der Waals surface area contributed by atoms with Crippen LogP contribution in [0, 0.1) is 0 Å². The summed E-state index contributed by atoms with van der Waals surface area (Å²) in [7, 11) is 0. The zero-order valence-corrected chi connectivity index (χ0v) is 11.5. The fourth-order valence-corrected chi connectivity index (χ4v) is 2.09. The molecule has 0 aromatic rings. The van der Waals surface area contributed by atoms with E-state index in [1.54, 1.807) is 0 Å². The molecule has 2 amide bonds. The Hall–Kier alpha value is -0.770. The molecule has 1 atom stereocenters. The molecule has 1 fully saturated rings. The van der Waals surface area contributed by atoms with Crippen LogP contribution in [-0.4, -0.2) is 35.6 Å². The summed E-state index contributed by atoms with van der Waals surface area (Å²) in [5.74, 6) is 0. The molecule has 17 heavy (non-hydrogen) atoms. The Bertz CT molecular complexity index is 247. The summed E-state index contributed by atoms with van der Waals surface area (Å²) in [4.78, 5) is 14.2. The molecule has 0 bridgehead atoms. The number of urea groups is 1. The Morgan fingerprint density at radius 2 is 2.12 bits per heavy atom. The van der Waals surface area contributed by atoms with E-state index in [9.17, 15) is 4.79 Å². The first-order valence-corrected chi connectivity index (χ1v) is 6.85. The van der Waals surface area contributed by atoms with E-state index in [0.717, 1.165) is 32.2 Å². The largest absolute Gasteiger partial charge is 0.335 e. The molecular weight excluding hydrogens is 214 g/mol. The summed E-state index contributed by atoms with van der Waals surface area (Å²) >= 11 is 0. The lowest BCUT2D eigenvalue weighted by Gasteiger charge is -2.41. The minimum absolute atomic E-state index is 0.0614. The van der Waals surface area contributed by atoms with Gasteiger partial charge in [0.2, 0.25) is 0 Å². The van der Waals surface area contributed by atoms with Gasteiger partial charge in [-0.3, -0.25) is 0 Å². The van der Waals surface area contributed by atoms with Gasteiger partial charge in [0.1, 0.15) is 0 Å². The molecule has 1 unspecified atom stereocenters. The lowest BCUT2D eigenvalue weighted by molar-refractivity contribution is 0.118. The van der Waals surface area contributed by atoms with Gasteiger partial charge in [0.05, 0.1) is 5.54 Å². The lowest BCUT2D eigenvalue weighted by Crippen LogP contribution is -2.59. The lowest BCUT2D eigenvalue weighted by atomic mass is 9.93. The van der Waals surface area contributed by atoms with Gasteiger partial charge in [-0.05, 0) is 39.0 Å². The van der Waals surface area contributed by atoms with Crippen LogP contribution in [0.4, 0.5) is 4.79 Å². The number of amides is 2. The fourth-order valence-electron chi connectivity index (χ4n) is 2.09. The van der Waals surface area contributed by atoms with Crippen molar-refractivity contribution in [1.29, 1.82) is 0 Å². The highest BCUT2D eigenvalue weighted by molar-refractivity contribution is 5.75. The second-order valence-electron chi connectivity index (χ2n) is 5.28. The maximum absolute atomic E-state index is 12.3. The highest BCUT2D eigenvalue weighted by Crippen LogP contribution is 2.22. The minimum Gasteiger partial charge on any atom is -0.335 e.